The summed E-state index contributed by atoms with van der Waals surface area (Å²) in [6.45, 7) is 0. The van der Waals surface area contributed by atoms with Gasteiger partial charge in [-0.1, -0.05) is 30.3 Å². The van der Waals surface area contributed by atoms with Gasteiger partial charge in [-0.05, 0) is 58.6 Å². The number of hydrogen-bond acceptors (Lipinski definition) is 6. The number of methoxy groups -OCH3 is 1. The lowest BCUT2D eigenvalue weighted by Gasteiger charge is -2.14. The third kappa shape index (κ3) is 4.48. The van der Waals surface area contributed by atoms with Crippen molar-refractivity contribution < 1.29 is 22.7 Å². The van der Waals surface area contributed by atoms with Gasteiger partial charge in [-0.15, -0.1) is 11.3 Å². The van der Waals surface area contributed by atoms with Gasteiger partial charge in [-0.25, -0.2) is 13.2 Å². The highest BCUT2D eigenvalue weighted by Crippen LogP contribution is 2.28. The van der Waals surface area contributed by atoms with Gasteiger partial charge in [-0.2, -0.15) is 0 Å². The fourth-order valence-electron chi connectivity index (χ4n) is 3.13. The van der Waals surface area contributed by atoms with E-state index < -0.39 is 21.9 Å². The number of esters is 1. The zero-order valence-corrected chi connectivity index (χ0v) is 18.5. The molecule has 2 N–H and O–H groups in total. The fourth-order valence-corrected chi connectivity index (χ4v) is 5.19. The first-order valence-electron chi connectivity index (χ1n) is 9.46. The molecule has 4 rings (SSSR count). The minimum atomic E-state index is -3.85. The molecule has 0 aliphatic carbocycles. The number of carbonyl (C=O) groups excluding carboxylic acids is 2. The molecule has 0 saturated carbocycles. The van der Waals surface area contributed by atoms with E-state index in [4.69, 9.17) is 0 Å². The van der Waals surface area contributed by atoms with E-state index >= 15 is 0 Å². The number of sulfonamides is 1. The molecule has 1 aromatic heterocycles. The highest BCUT2D eigenvalue weighted by atomic mass is 32.2. The van der Waals surface area contributed by atoms with Gasteiger partial charge in [0.25, 0.3) is 15.9 Å². The van der Waals surface area contributed by atoms with Crippen LogP contribution in [0, 0.1) is 0 Å². The van der Waals surface area contributed by atoms with Crippen LogP contribution < -0.4 is 10.0 Å². The normalized spacial score (nSPS) is 11.2. The number of fused-ring (bicyclic) bond motifs is 1. The predicted octanol–water partition coefficient (Wildman–Crippen LogP) is 4.74. The molecule has 0 saturated heterocycles. The quantitative estimate of drug-likeness (QED) is 0.400. The van der Waals surface area contributed by atoms with Crippen LogP contribution in [0.4, 0.5) is 11.4 Å². The minimum absolute atomic E-state index is 0.149. The molecule has 3 aromatic carbocycles. The summed E-state index contributed by atoms with van der Waals surface area (Å²) in [6.07, 6.45) is 0. The third-order valence-electron chi connectivity index (χ3n) is 4.70. The van der Waals surface area contributed by atoms with Crippen LogP contribution in [0.25, 0.3) is 10.8 Å². The van der Waals surface area contributed by atoms with Gasteiger partial charge in [0.05, 0.1) is 23.9 Å². The molecule has 1 amide bonds. The lowest BCUT2D eigenvalue weighted by atomic mass is 10.0. The van der Waals surface area contributed by atoms with Crippen LogP contribution in [0.5, 0.6) is 0 Å². The number of anilines is 2. The van der Waals surface area contributed by atoms with E-state index in [1.54, 1.807) is 35.7 Å². The molecule has 32 heavy (non-hydrogen) atoms. The number of nitrogens with one attached hydrogen (secondary N) is 2. The van der Waals surface area contributed by atoms with Crippen LogP contribution in [0.2, 0.25) is 0 Å². The topological polar surface area (TPSA) is 102 Å². The van der Waals surface area contributed by atoms with Crippen molar-refractivity contribution in [3.8, 4) is 0 Å². The first kappa shape index (κ1) is 21.5. The number of carbonyl (C=O) groups is 2. The number of rotatable bonds is 6. The summed E-state index contributed by atoms with van der Waals surface area (Å²) in [4.78, 5) is 24.7. The standard InChI is InChI=1S/C23H18N2O5S2/c1-30-23(27)15-8-10-18(11-9-15)24-22(26)19-13-16-5-2-3-6-17(16)14-20(19)25-32(28,29)21-7-4-12-31-21/h2-14,25H,1H3,(H,24,26). The molecule has 0 radical (unpaired) electrons. The van der Waals surface area contributed by atoms with Crippen LogP contribution in [0.3, 0.4) is 0 Å². The molecule has 0 unspecified atom stereocenters. The van der Waals surface area contributed by atoms with Crippen LogP contribution in [-0.4, -0.2) is 27.4 Å². The Kier molecular flexibility index (Phi) is 5.93. The van der Waals surface area contributed by atoms with E-state index in [1.165, 1.54) is 25.3 Å². The molecule has 4 aromatic rings. The molecule has 9 heteroatoms. The molecule has 0 atom stereocenters. The lowest BCUT2D eigenvalue weighted by molar-refractivity contribution is 0.0600. The zero-order chi connectivity index (χ0) is 22.7. The highest BCUT2D eigenvalue weighted by Gasteiger charge is 2.21. The Labute approximate surface area is 188 Å². The minimum Gasteiger partial charge on any atom is -0.465 e. The maximum Gasteiger partial charge on any atom is 0.337 e. The molecular weight excluding hydrogens is 448 g/mol. The number of hydrogen-bond donors (Lipinski definition) is 2. The molecule has 0 fully saturated rings. The Morgan fingerprint density at radius 3 is 2.22 bits per heavy atom. The fraction of sp³-hybridized carbons (Fsp3) is 0.0435. The first-order valence-corrected chi connectivity index (χ1v) is 11.8. The Morgan fingerprint density at radius 2 is 1.59 bits per heavy atom. The van der Waals surface area contributed by atoms with Gasteiger partial charge < -0.3 is 10.1 Å². The maximum atomic E-state index is 13.1. The molecule has 162 valence electrons. The smallest absolute Gasteiger partial charge is 0.337 e. The van der Waals surface area contributed by atoms with Crippen molar-refractivity contribution in [2.45, 2.75) is 4.21 Å². The summed E-state index contributed by atoms with van der Waals surface area (Å²) in [7, 11) is -2.56. The van der Waals surface area contributed by atoms with Gasteiger partial charge >= 0.3 is 5.97 Å². The molecule has 0 spiro atoms. The average Bonchev–Trinajstić information content (AvgIpc) is 3.34. The van der Waals surface area contributed by atoms with Gasteiger partial charge in [-0.3, -0.25) is 9.52 Å². The Hall–Kier alpha value is -3.69. The van der Waals surface area contributed by atoms with Gasteiger partial charge in [0.15, 0.2) is 0 Å². The van der Waals surface area contributed by atoms with Crippen molar-refractivity contribution >= 4 is 55.4 Å². The van der Waals surface area contributed by atoms with E-state index in [0.717, 1.165) is 22.1 Å². The van der Waals surface area contributed by atoms with Gasteiger partial charge in [0, 0.05) is 5.69 Å². The van der Waals surface area contributed by atoms with Gasteiger partial charge in [0.2, 0.25) is 0 Å². The van der Waals surface area contributed by atoms with Crippen LogP contribution in [0.15, 0.2) is 82.4 Å². The van der Waals surface area contributed by atoms with E-state index in [0.29, 0.717) is 11.3 Å². The van der Waals surface area contributed by atoms with Crippen molar-refractivity contribution in [1.82, 2.24) is 0 Å². The van der Waals surface area contributed by atoms with E-state index in [1.807, 2.05) is 24.3 Å². The summed E-state index contributed by atoms with van der Waals surface area (Å²) in [5.74, 6) is -0.979. The van der Waals surface area contributed by atoms with Crippen molar-refractivity contribution in [3.05, 3.63) is 89.3 Å². The van der Waals surface area contributed by atoms with E-state index in [9.17, 15) is 18.0 Å². The second-order valence-corrected chi connectivity index (χ2v) is 9.66. The Balaban J connectivity index is 1.69. The highest BCUT2D eigenvalue weighted by molar-refractivity contribution is 7.94. The molecule has 0 aliphatic heterocycles. The van der Waals surface area contributed by atoms with Crippen molar-refractivity contribution in [3.63, 3.8) is 0 Å². The number of thiophene rings is 1. The van der Waals surface area contributed by atoms with Crippen LogP contribution in [-0.2, 0) is 14.8 Å². The molecular formula is C23H18N2O5S2. The maximum absolute atomic E-state index is 13.1. The third-order valence-corrected chi connectivity index (χ3v) is 7.46. The zero-order valence-electron chi connectivity index (χ0n) is 16.9. The van der Waals surface area contributed by atoms with E-state index in [-0.39, 0.29) is 15.5 Å². The summed E-state index contributed by atoms with van der Waals surface area (Å²) >= 11 is 1.09. The monoisotopic (exact) mass is 466 g/mol. The summed E-state index contributed by atoms with van der Waals surface area (Å²) in [6, 6.07) is 20.0. The number of ether oxygens (including phenoxy) is 1. The second-order valence-electron chi connectivity index (χ2n) is 6.81. The van der Waals surface area contributed by atoms with Crippen molar-refractivity contribution in [1.29, 1.82) is 0 Å². The molecule has 7 nitrogen and oxygen atoms in total. The summed E-state index contributed by atoms with van der Waals surface area (Å²) < 4.78 is 32.9. The lowest BCUT2D eigenvalue weighted by Crippen LogP contribution is -2.18. The molecule has 1 heterocycles. The molecule has 0 bridgehead atoms. The number of benzene rings is 3. The first-order chi connectivity index (χ1) is 15.4. The van der Waals surface area contributed by atoms with E-state index in [2.05, 4.69) is 14.8 Å². The van der Waals surface area contributed by atoms with Crippen LogP contribution in [0.1, 0.15) is 20.7 Å². The summed E-state index contributed by atoms with van der Waals surface area (Å²) in [5, 5.41) is 5.99. The van der Waals surface area contributed by atoms with Gasteiger partial charge in [0.1, 0.15) is 4.21 Å². The second kappa shape index (κ2) is 8.81. The SMILES string of the molecule is COC(=O)c1ccc(NC(=O)c2cc3ccccc3cc2NS(=O)(=O)c2cccs2)cc1. The van der Waals surface area contributed by atoms with Crippen LogP contribution >= 0.6 is 11.3 Å². The largest absolute Gasteiger partial charge is 0.465 e. The Morgan fingerprint density at radius 1 is 0.906 bits per heavy atom. The Bertz CT molecular complexity index is 1400. The summed E-state index contributed by atoms with van der Waals surface area (Å²) in [5.41, 5.74) is 1.13. The number of amides is 1. The van der Waals surface area contributed by atoms with Crippen molar-refractivity contribution in [2.24, 2.45) is 0 Å². The average molecular weight is 467 g/mol. The molecule has 0 aliphatic rings. The predicted molar refractivity (Wildman–Crippen MR) is 125 cm³/mol. The van der Waals surface area contributed by atoms with Crippen molar-refractivity contribution in [2.75, 3.05) is 17.1 Å².